The largest absolute Gasteiger partial charge is 1.00 e. The second kappa shape index (κ2) is 11.4. The van der Waals surface area contributed by atoms with Gasteiger partial charge < -0.3 is 9.90 Å². The average molecular weight is 496 g/mol. The van der Waals surface area contributed by atoms with Gasteiger partial charge in [-0.3, -0.25) is 9.88 Å². The zero-order valence-corrected chi connectivity index (χ0v) is 20.8. The number of carboxylic acids is 1. The van der Waals surface area contributed by atoms with E-state index in [0.717, 1.165) is 18.2 Å². The Morgan fingerprint density at radius 3 is 2.21 bits per heavy atom. The van der Waals surface area contributed by atoms with Gasteiger partial charge in [-0.25, -0.2) is 0 Å². The zero-order chi connectivity index (χ0) is 24.4. The van der Waals surface area contributed by atoms with E-state index in [9.17, 15) is 36.2 Å². The molecule has 0 aliphatic carbocycles. The zero-order valence-electron chi connectivity index (χ0n) is 18.8. The molecule has 4 nitrogen and oxygen atoms in total. The second-order valence-electron chi connectivity index (χ2n) is 8.24. The van der Waals surface area contributed by atoms with Crippen LogP contribution < -0.4 is 34.7 Å². The van der Waals surface area contributed by atoms with Crippen LogP contribution in [0.5, 0.6) is 0 Å². The first kappa shape index (κ1) is 28.6. The predicted octanol–water partition coefficient (Wildman–Crippen LogP) is 2.17. The summed E-state index contributed by atoms with van der Waals surface area (Å²) in [5, 5.41) is 11.1. The Bertz CT molecular complexity index is 948. The molecule has 1 fully saturated rings. The van der Waals surface area contributed by atoms with E-state index >= 15 is 0 Å². The second-order valence-corrected chi connectivity index (χ2v) is 8.24. The number of nitrogens with zero attached hydrogens (tertiary/aromatic N) is 2. The predicted molar refractivity (Wildman–Crippen MR) is 106 cm³/mol. The average Bonchev–Trinajstić information content (AvgIpc) is 2.74. The molecule has 0 spiro atoms. The van der Waals surface area contributed by atoms with Crippen LogP contribution in [0.4, 0.5) is 26.3 Å². The summed E-state index contributed by atoms with van der Waals surface area (Å²) < 4.78 is 77.7. The molecule has 0 saturated carbocycles. The number of likely N-dealkylation sites (tertiary alicyclic amines) is 1. The van der Waals surface area contributed by atoms with Crippen LogP contribution in [0.1, 0.15) is 67.1 Å². The number of halogens is 6. The molecule has 1 aromatic heterocycles. The van der Waals surface area contributed by atoms with Crippen LogP contribution in [-0.2, 0) is 17.1 Å². The van der Waals surface area contributed by atoms with Crippen LogP contribution >= 0.6 is 0 Å². The summed E-state index contributed by atoms with van der Waals surface area (Å²) in [6.07, 6.45) is -6.61. The molecule has 2 aromatic rings. The van der Waals surface area contributed by atoms with Crippen LogP contribution in [0.25, 0.3) is 0 Å². The number of carbonyl (C=O) groups is 1. The number of carbonyl (C=O) groups excluding carboxylic acids is 1. The van der Waals surface area contributed by atoms with Crippen LogP contribution in [0.15, 0.2) is 42.6 Å². The van der Waals surface area contributed by atoms with Gasteiger partial charge in [0.15, 0.2) is 0 Å². The van der Waals surface area contributed by atoms with E-state index in [-0.39, 0.29) is 47.9 Å². The molecule has 3 rings (SSSR count). The van der Waals surface area contributed by atoms with Crippen molar-refractivity contribution in [2.24, 2.45) is 5.92 Å². The third kappa shape index (κ3) is 6.96. The van der Waals surface area contributed by atoms with Gasteiger partial charge in [0.05, 0.1) is 5.56 Å². The summed E-state index contributed by atoms with van der Waals surface area (Å²) in [6.45, 7) is 2.29. The molecule has 2 heterocycles. The van der Waals surface area contributed by atoms with Gasteiger partial charge in [-0.2, -0.15) is 26.3 Å². The van der Waals surface area contributed by atoms with Gasteiger partial charge >= 0.3 is 41.9 Å². The molecule has 1 aromatic carbocycles. The van der Waals surface area contributed by atoms with Crippen LogP contribution in [-0.4, -0.2) is 22.4 Å². The van der Waals surface area contributed by atoms with Crippen LogP contribution in [0.3, 0.4) is 0 Å². The molecule has 1 saturated heterocycles. The normalized spacial score (nSPS) is 20.4. The molecular weight excluding hydrogens is 473 g/mol. The number of hydrogen-bond donors (Lipinski definition) is 0. The molecule has 0 amide bonds. The summed E-state index contributed by atoms with van der Waals surface area (Å²) in [5.74, 6) is -1.42. The number of alkyl halides is 6. The Morgan fingerprint density at radius 2 is 1.74 bits per heavy atom. The van der Waals surface area contributed by atoms with Crippen molar-refractivity contribution < 1.29 is 65.8 Å². The fourth-order valence-electron chi connectivity index (χ4n) is 4.50. The number of benzene rings is 1. The smallest absolute Gasteiger partial charge is 0.550 e. The van der Waals surface area contributed by atoms with E-state index in [4.69, 9.17) is 0 Å². The molecule has 0 unspecified atom stereocenters. The summed E-state index contributed by atoms with van der Waals surface area (Å²) in [7, 11) is 0. The van der Waals surface area contributed by atoms with Crippen molar-refractivity contribution in [2.45, 2.75) is 57.0 Å². The summed E-state index contributed by atoms with van der Waals surface area (Å²) in [4.78, 5) is 16.7. The molecule has 3 atom stereocenters. The van der Waals surface area contributed by atoms with Crippen LogP contribution in [0.2, 0.25) is 0 Å². The van der Waals surface area contributed by atoms with Crippen molar-refractivity contribution in [1.82, 2.24) is 9.88 Å². The first-order chi connectivity index (χ1) is 15.4. The van der Waals surface area contributed by atoms with Crippen molar-refractivity contribution in [3.05, 3.63) is 65.0 Å². The minimum atomic E-state index is -4.56. The summed E-state index contributed by atoms with van der Waals surface area (Å²) >= 11 is 0. The van der Waals surface area contributed by atoms with Gasteiger partial charge in [-0.05, 0) is 67.5 Å². The Hall–Kier alpha value is -1.62. The molecular formula is C23H23F6N2NaO2. The monoisotopic (exact) mass is 496 g/mol. The van der Waals surface area contributed by atoms with Gasteiger partial charge in [-0.15, -0.1) is 0 Å². The molecule has 34 heavy (non-hydrogen) atoms. The Morgan fingerprint density at radius 1 is 1.09 bits per heavy atom. The van der Waals surface area contributed by atoms with E-state index in [0.29, 0.717) is 36.9 Å². The molecule has 1 aliphatic heterocycles. The van der Waals surface area contributed by atoms with Gasteiger partial charge in [0.1, 0.15) is 5.69 Å². The molecule has 180 valence electrons. The van der Waals surface area contributed by atoms with Crippen molar-refractivity contribution in [1.29, 1.82) is 0 Å². The Labute approximate surface area is 215 Å². The van der Waals surface area contributed by atoms with Gasteiger partial charge in [-0.1, -0.05) is 25.1 Å². The maximum Gasteiger partial charge on any atom is 1.00 e. The van der Waals surface area contributed by atoms with E-state index in [2.05, 4.69) is 4.98 Å². The third-order valence-electron chi connectivity index (χ3n) is 6.08. The van der Waals surface area contributed by atoms with Gasteiger partial charge in [0.25, 0.3) is 0 Å². The Balaban J connectivity index is 0.00000408. The minimum Gasteiger partial charge on any atom is -0.550 e. The van der Waals surface area contributed by atoms with E-state index in [1.807, 2.05) is 11.8 Å². The quantitative estimate of drug-likeness (QED) is 0.455. The number of hydrogen-bond acceptors (Lipinski definition) is 4. The van der Waals surface area contributed by atoms with Gasteiger partial charge in [0.2, 0.25) is 0 Å². The number of rotatable bonds is 6. The third-order valence-corrected chi connectivity index (χ3v) is 6.08. The first-order valence-electron chi connectivity index (χ1n) is 10.6. The van der Waals surface area contributed by atoms with E-state index in [1.54, 1.807) is 0 Å². The van der Waals surface area contributed by atoms with Crippen molar-refractivity contribution in [3.63, 3.8) is 0 Å². The molecule has 0 radical (unpaired) electrons. The molecule has 1 aliphatic rings. The van der Waals surface area contributed by atoms with E-state index in [1.165, 1.54) is 24.4 Å². The summed E-state index contributed by atoms with van der Waals surface area (Å²) in [5.41, 5.74) is -0.655. The minimum absolute atomic E-state index is 0. The fourth-order valence-corrected chi connectivity index (χ4v) is 4.50. The number of aromatic nitrogens is 1. The fraction of sp³-hybridized carbons (Fsp3) is 0.478. The number of carboxylic acid groups (broad SMARTS) is 1. The maximum atomic E-state index is 13.0. The number of aliphatic carboxylic acids is 1. The Kier molecular flexibility index (Phi) is 9.60. The molecule has 0 N–H and O–H groups in total. The van der Waals surface area contributed by atoms with Crippen LogP contribution in [0, 0.1) is 5.92 Å². The SMILES string of the molecule is CC[C@H](c1ccc(C(F)(F)F)nc1)N1CC[C@@H](CC(=O)[O-])C[C@H]1c1ccc(C(F)(F)F)cc1.[Na+]. The molecule has 0 bridgehead atoms. The van der Waals surface area contributed by atoms with Gasteiger partial charge in [0, 0.05) is 24.2 Å². The maximum absolute atomic E-state index is 13.0. The standard InChI is InChI=1S/C23H24F6N2O2.Na/c1-2-18(16-5-8-20(30-13-16)23(27,28)29)31-10-9-14(12-21(32)33)11-19(31)15-3-6-17(7-4-15)22(24,25)26;/h3-8,13-14,18-19H,2,9-12H2,1H3,(H,32,33);/q;+1/p-1/t14-,18-,19+;/m1./s1. The topological polar surface area (TPSA) is 56.3 Å². The van der Waals surface area contributed by atoms with Crippen molar-refractivity contribution in [3.8, 4) is 0 Å². The van der Waals surface area contributed by atoms with E-state index < -0.39 is 35.6 Å². The number of pyridine rings is 1. The number of piperidine rings is 1. The molecule has 11 heteroatoms. The summed E-state index contributed by atoms with van der Waals surface area (Å²) in [6, 6.07) is 6.25. The van der Waals surface area contributed by atoms with Crippen molar-refractivity contribution >= 4 is 5.97 Å². The first-order valence-corrected chi connectivity index (χ1v) is 10.6. The van der Waals surface area contributed by atoms with Crippen molar-refractivity contribution in [2.75, 3.05) is 6.54 Å².